The average Bonchev–Trinajstić information content (AvgIpc) is 3.05. The molecule has 0 aliphatic carbocycles. The van der Waals surface area contributed by atoms with E-state index in [-0.39, 0.29) is 5.69 Å². The number of carbonyl (C=O) groups is 1. The van der Waals surface area contributed by atoms with Crippen molar-refractivity contribution in [2.24, 2.45) is 0 Å². The summed E-state index contributed by atoms with van der Waals surface area (Å²) >= 11 is 7.56. The first-order valence-electron chi connectivity index (χ1n) is 8.06. The maximum Gasteiger partial charge on any atom is 0.281 e. The number of benzene rings is 2. The molecule has 0 aliphatic heterocycles. The molecule has 0 radical (unpaired) electrons. The second-order valence-corrected chi connectivity index (χ2v) is 7.24. The highest BCUT2D eigenvalue weighted by Gasteiger charge is 2.18. The smallest absolute Gasteiger partial charge is 0.281 e. The van der Waals surface area contributed by atoms with E-state index >= 15 is 0 Å². The van der Waals surface area contributed by atoms with Gasteiger partial charge in [0.2, 0.25) is 5.43 Å². The van der Waals surface area contributed by atoms with Crippen molar-refractivity contribution < 1.29 is 4.79 Å². The normalized spacial score (nSPS) is 10.9. The Morgan fingerprint density at radius 2 is 1.89 bits per heavy atom. The molecule has 134 valence electrons. The summed E-state index contributed by atoms with van der Waals surface area (Å²) in [7, 11) is 0. The van der Waals surface area contributed by atoms with Crippen LogP contribution in [-0.2, 0) is 0 Å². The zero-order valence-electron chi connectivity index (χ0n) is 14.1. The Balaban J connectivity index is 1.72. The van der Waals surface area contributed by atoms with Crippen molar-refractivity contribution in [2.75, 3.05) is 5.32 Å². The van der Waals surface area contributed by atoms with Gasteiger partial charge < -0.3 is 0 Å². The molecule has 0 atom stereocenters. The van der Waals surface area contributed by atoms with Crippen molar-refractivity contribution in [3.8, 4) is 5.69 Å². The monoisotopic (exact) mass is 396 g/mol. The number of aryl methyl sites for hydroxylation is 1. The van der Waals surface area contributed by atoms with E-state index in [9.17, 15) is 9.59 Å². The van der Waals surface area contributed by atoms with Gasteiger partial charge in [-0.15, -0.1) is 0 Å². The number of hydrogen-bond donors (Lipinski definition) is 1. The van der Waals surface area contributed by atoms with Crippen molar-refractivity contribution in [3.05, 3.63) is 81.2 Å². The fourth-order valence-electron chi connectivity index (χ4n) is 2.65. The Kier molecular flexibility index (Phi) is 4.47. The first-order valence-corrected chi connectivity index (χ1v) is 9.25. The quantitative estimate of drug-likeness (QED) is 0.566. The van der Waals surface area contributed by atoms with Crippen LogP contribution in [0.3, 0.4) is 0 Å². The van der Waals surface area contributed by atoms with Gasteiger partial charge in [-0.25, -0.2) is 9.67 Å². The average molecular weight is 397 g/mol. The zero-order valence-corrected chi connectivity index (χ0v) is 15.7. The molecule has 2 aromatic heterocycles. The van der Waals surface area contributed by atoms with Gasteiger partial charge in [-0.1, -0.05) is 47.2 Å². The van der Waals surface area contributed by atoms with Crippen LogP contribution in [0.15, 0.2) is 59.4 Å². The summed E-state index contributed by atoms with van der Waals surface area (Å²) in [4.78, 5) is 29.3. The molecule has 0 spiro atoms. The minimum Gasteiger partial charge on any atom is -0.296 e. The number of nitrogens with zero attached hydrogens (tertiary/aromatic N) is 3. The lowest BCUT2D eigenvalue weighted by molar-refractivity contribution is 0.101. The van der Waals surface area contributed by atoms with Crippen molar-refractivity contribution in [1.29, 1.82) is 0 Å². The molecule has 0 bridgehead atoms. The molecule has 4 rings (SSSR count). The molecule has 2 heterocycles. The summed E-state index contributed by atoms with van der Waals surface area (Å²) in [6.45, 7) is 1.73. The van der Waals surface area contributed by atoms with Gasteiger partial charge >= 0.3 is 0 Å². The molecule has 1 N–H and O–H groups in total. The Morgan fingerprint density at radius 1 is 1.15 bits per heavy atom. The lowest BCUT2D eigenvalue weighted by atomic mass is 10.2. The number of carbonyl (C=O) groups excluding carboxylic acids is 1. The first kappa shape index (κ1) is 17.4. The topological polar surface area (TPSA) is 76.9 Å². The molecule has 27 heavy (non-hydrogen) atoms. The fourth-order valence-corrected chi connectivity index (χ4v) is 3.73. The van der Waals surface area contributed by atoms with Crippen LogP contribution < -0.4 is 10.7 Å². The lowest BCUT2D eigenvalue weighted by Gasteiger charge is -2.12. The first-order chi connectivity index (χ1) is 13.0. The van der Waals surface area contributed by atoms with Gasteiger partial charge in [0, 0.05) is 11.8 Å². The molecule has 8 heteroatoms. The van der Waals surface area contributed by atoms with Gasteiger partial charge in [-0.05, 0) is 31.2 Å². The third kappa shape index (κ3) is 3.34. The number of amides is 1. The maximum absolute atomic E-state index is 12.6. The van der Waals surface area contributed by atoms with E-state index in [2.05, 4.69) is 15.4 Å². The summed E-state index contributed by atoms with van der Waals surface area (Å²) in [5, 5.41) is 7.77. The summed E-state index contributed by atoms with van der Waals surface area (Å²) in [5.74, 6) is -0.611. The predicted octanol–water partition coefficient (Wildman–Crippen LogP) is 4.06. The molecule has 1 amide bonds. The van der Waals surface area contributed by atoms with Crippen molar-refractivity contribution in [2.45, 2.75) is 6.92 Å². The van der Waals surface area contributed by atoms with E-state index < -0.39 is 11.3 Å². The fraction of sp³-hybridized carbons (Fsp3) is 0.0526. The SMILES string of the molecule is Cc1cc(=O)c(C(=O)Nc2nc3ccccc3s2)nn1-c1ccccc1Cl. The third-order valence-corrected chi connectivity index (χ3v) is 5.19. The van der Waals surface area contributed by atoms with E-state index in [1.807, 2.05) is 24.3 Å². The molecule has 0 unspecified atom stereocenters. The van der Waals surface area contributed by atoms with Crippen molar-refractivity contribution in [1.82, 2.24) is 14.8 Å². The third-order valence-electron chi connectivity index (χ3n) is 3.92. The van der Waals surface area contributed by atoms with E-state index in [0.717, 1.165) is 10.2 Å². The highest BCUT2D eigenvalue weighted by atomic mass is 35.5. The van der Waals surface area contributed by atoms with Crippen LogP contribution in [-0.4, -0.2) is 20.7 Å². The van der Waals surface area contributed by atoms with E-state index in [4.69, 9.17) is 11.6 Å². The van der Waals surface area contributed by atoms with Crippen LogP contribution >= 0.6 is 22.9 Å². The number of aromatic nitrogens is 3. The Hall–Kier alpha value is -3.03. The number of rotatable bonds is 3. The van der Waals surface area contributed by atoms with E-state index in [1.165, 1.54) is 22.1 Å². The van der Waals surface area contributed by atoms with Crippen LogP contribution in [0, 0.1) is 6.92 Å². The molecule has 0 saturated carbocycles. The Labute approximate surface area is 163 Å². The second-order valence-electron chi connectivity index (χ2n) is 5.80. The summed E-state index contributed by atoms with van der Waals surface area (Å²) in [5.41, 5.74) is 1.26. The van der Waals surface area contributed by atoms with Crippen LogP contribution in [0.25, 0.3) is 15.9 Å². The number of nitrogens with one attached hydrogen (secondary N) is 1. The minimum absolute atomic E-state index is 0.222. The molecule has 6 nitrogen and oxygen atoms in total. The summed E-state index contributed by atoms with van der Waals surface area (Å²) in [6, 6.07) is 16.0. The lowest BCUT2D eigenvalue weighted by Crippen LogP contribution is -2.26. The van der Waals surface area contributed by atoms with Crippen LogP contribution in [0.5, 0.6) is 0 Å². The van der Waals surface area contributed by atoms with Crippen LogP contribution in [0.1, 0.15) is 16.2 Å². The number of thiazole rings is 1. The van der Waals surface area contributed by atoms with Gasteiger partial charge in [0.1, 0.15) is 0 Å². The highest BCUT2D eigenvalue weighted by Crippen LogP contribution is 2.25. The van der Waals surface area contributed by atoms with Crippen molar-refractivity contribution in [3.63, 3.8) is 0 Å². The van der Waals surface area contributed by atoms with Gasteiger partial charge in [-0.2, -0.15) is 5.10 Å². The largest absolute Gasteiger partial charge is 0.296 e. The van der Waals surface area contributed by atoms with E-state index in [1.54, 1.807) is 31.2 Å². The molecule has 4 aromatic rings. The van der Waals surface area contributed by atoms with Crippen molar-refractivity contribution >= 4 is 44.2 Å². The predicted molar refractivity (Wildman–Crippen MR) is 107 cm³/mol. The van der Waals surface area contributed by atoms with Gasteiger partial charge in [-0.3, -0.25) is 14.9 Å². The van der Waals surface area contributed by atoms with Crippen LogP contribution in [0.4, 0.5) is 5.13 Å². The summed E-state index contributed by atoms with van der Waals surface area (Å²) < 4.78 is 2.43. The van der Waals surface area contributed by atoms with Crippen LogP contribution in [0.2, 0.25) is 5.02 Å². The summed E-state index contributed by atoms with van der Waals surface area (Å²) in [6.07, 6.45) is 0. The Bertz CT molecular complexity index is 1200. The zero-order chi connectivity index (χ0) is 19.0. The number of halogens is 1. The molecule has 2 aromatic carbocycles. The molecule has 0 aliphatic rings. The molecule has 0 saturated heterocycles. The van der Waals surface area contributed by atoms with E-state index in [0.29, 0.717) is 21.5 Å². The molecular formula is C19H13ClN4O2S. The number of hydrogen-bond acceptors (Lipinski definition) is 5. The standard InChI is InChI=1S/C19H13ClN4O2S/c1-11-10-15(25)17(23-24(11)14-8-4-2-6-12(14)20)18(26)22-19-21-13-7-3-5-9-16(13)27-19/h2-10H,1H3,(H,21,22,26). The number of anilines is 1. The van der Waals surface area contributed by atoms with Gasteiger partial charge in [0.25, 0.3) is 5.91 Å². The highest BCUT2D eigenvalue weighted by molar-refractivity contribution is 7.22. The number of fused-ring (bicyclic) bond motifs is 1. The minimum atomic E-state index is -0.611. The number of para-hydroxylation sites is 2. The van der Waals surface area contributed by atoms with Gasteiger partial charge in [0.05, 0.1) is 20.9 Å². The molecule has 0 fully saturated rings. The Morgan fingerprint density at radius 3 is 2.67 bits per heavy atom. The second kappa shape index (κ2) is 6.94. The van der Waals surface area contributed by atoms with Gasteiger partial charge in [0.15, 0.2) is 10.8 Å². The molecular weight excluding hydrogens is 384 g/mol. The maximum atomic E-state index is 12.6.